The molecule has 0 bridgehead atoms. The number of hydrogen-bond acceptors (Lipinski definition) is 7. The van der Waals surface area contributed by atoms with Gasteiger partial charge in [0, 0.05) is 6.04 Å². The van der Waals surface area contributed by atoms with Gasteiger partial charge >= 0.3 is 11.9 Å². The predicted molar refractivity (Wildman–Crippen MR) is 97.2 cm³/mol. The van der Waals surface area contributed by atoms with Crippen LogP contribution in [0, 0.1) is 5.92 Å². The summed E-state index contributed by atoms with van der Waals surface area (Å²) in [4.78, 5) is 38.9. The Labute approximate surface area is 156 Å². The maximum absolute atomic E-state index is 12.6. The SMILES string of the molecule is COC(=O)c1sccc1NC(=O)CN1[C@@H]2CCCC[C@@H]2C[C@H]1C(=O)OC. The van der Waals surface area contributed by atoms with Gasteiger partial charge in [-0.25, -0.2) is 4.79 Å². The summed E-state index contributed by atoms with van der Waals surface area (Å²) < 4.78 is 9.68. The van der Waals surface area contributed by atoms with Crippen LogP contribution in [0.1, 0.15) is 41.8 Å². The molecule has 3 atom stereocenters. The highest BCUT2D eigenvalue weighted by Crippen LogP contribution is 2.40. The molecule has 7 nitrogen and oxygen atoms in total. The quantitative estimate of drug-likeness (QED) is 0.789. The van der Waals surface area contributed by atoms with Gasteiger partial charge in [0.15, 0.2) is 0 Å². The number of carbonyl (C=O) groups is 3. The number of anilines is 1. The zero-order valence-corrected chi connectivity index (χ0v) is 15.8. The molecule has 2 aliphatic rings. The predicted octanol–water partition coefficient (Wildman–Crippen LogP) is 2.28. The monoisotopic (exact) mass is 380 g/mol. The summed E-state index contributed by atoms with van der Waals surface area (Å²) in [5, 5.41) is 4.51. The van der Waals surface area contributed by atoms with E-state index in [2.05, 4.69) is 5.32 Å². The molecule has 0 unspecified atom stereocenters. The third-order valence-corrected chi connectivity index (χ3v) is 6.23. The smallest absolute Gasteiger partial charge is 0.350 e. The number of nitrogens with zero attached hydrogens (tertiary/aromatic N) is 1. The van der Waals surface area contributed by atoms with Gasteiger partial charge in [-0.05, 0) is 36.6 Å². The second-order valence-electron chi connectivity index (χ2n) is 6.76. The molecular formula is C18H24N2O5S. The number of rotatable bonds is 5. The first-order valence-electron chi connectivity index (χ1n) is 8.84. The third-order valence-electron chi connectivity index (χ3n) is 5.33. The van der Waals surface area contributed by atoms with Gasteiger partial charge in [0.05, 0.1) is 26.5 Å². The van der Waals surface area contributed by atoms with Gasteiger partial charge in [0.1, 0.15) is 10.9 Å². The summed E-state index contributed by atoms with van der Waals surface area (Å²) in [6.07, 6.45) is 5.12. The third kappa shape index (κ3) is 3.76. The zero-order valence-electron chi connectivity index (χ0n) is 15.0. The van der Waals surface area contributed by atoms with E-state index in [9.17, 15) is 14.4 Å². The summed E-state index contributed by atoms with van der Waals surface area (Å²) in [5.41, 5.74) is 0.445. The van der Waals surface area contributed by atoms with E-state index in [1.807, 2.05) is 4.90 Å². The maximum atomic E-state index is 12.6. The summed E-state index contributed by atoms with van der Waals surface area (Å²) in [5.74, 6) is -0.560. The molecule has 142 valence electrons. The van der Waals surface area contributed by atoms with Crippen LogP contribution in [-0.2, 0) is 19.1 Å². The number of amides is 1. The van der Waals surface area contributed by atoms with Crippen molar-refractivity contribution < 1.29 is 23.9 Å². The second-order valence-corrected chi connectivity index (χ2v) is 7.68. The van der Waals surface area contributed by atoms with E-state index < -0.39 is 5.97 Å². The zero-order chi connectivity index (χ0) is 18.7. The van der Waals surface area contributed by atoms with Crippen molar-refractivity contribution in [2.45, 2.75) is 44.2 Å². The van der Waals surface area contributed by atoms with Crippen LogP contribution in [0.4, 0.5) is 5.69 Å². The minimum absolute atomic E-state index is 0.109. The van der Waals surface area contributed by atoms with Crippen LogP contribution < -0.4 is 5.32 Å². The number of fused-ring (bicyclic) bond motifs is 1. The van der Waals surface area contributed by atoms with Gasteiger partial charge in [-0.1, -0.05) is 12.8 Å². The lowest BCUT2D eigenvalue weighted by Crippen LogP contribution is -2.46. The molecule has 1 saturated carbocycles. The Kier molecular flexibility index (Phi) is 5.93. The number of ether oxygens (including phenoxy) is 2. The van der Waals surface area contributed by atoms with Gasteiger partial charge < -0.3 is 14.8 Å². The van der Waals surface area contributed by atoms with Crippen molar-refractivity contribution in [3.05, 3.63) is 16.3 Å². The lowest BCUT2D eigenvalue weighted by atomic mass is 9.85. The molecule has 0 aromatic carbocycles. The van der Waals surface area contributed by atoms with Crippen molar-refractivity contribution in [1.82, 2.24) is 4.90 Å². The minimum atomic E-state index is -0.476. The van der Waals surface area contributed by atoms with Gasteiger partial charge in [0.2, 0.25) is 5.91 Å². The highest BCUT2D eigenvalue weighted by molar-refractivity contribution is 7.12. The molecule has 0 radical (unpaired) electrons. The highest BCUT2D eigenvalue weighted by atomic mass is 32.1. The van der Waals surface area contributed by atoms with Crippen molar-refractivity contribution >= 4 is 34.9 Å². The largest absolute Gasteiger partial charge is 0.468 e. The average Bonchev–Trinajstić information content (AvgIpc) is 3.25. The maximum Gasteiger partial charge on any atom is 0.350 e. The Morgan fingerprint density at radius 3 is 2.73 bits per heavy atom. The lowest BCUT2D eigenvalue weighted by molar-refractivity contribution is -0.146. The van der Waals surface area contributed by atoms with E-state index in [4.69, 9.17) is 9.47 Å². The van der Waals surface area contributed by atoms with Crippen LogP contribution in [0.5, 0.6) is 0 Å². The first-order valence-corrected chi connectivity index (χ1v) is 9.72. The summed E-state index contributed by atoms with van der Waals surface area (Å²) in [6, 6.07) is 1.54. The summed E-state index contributed by atoms with van der Waals surface area (Å²) in [6.45, 7) is 0.109. The lowest BCUT2D eigenvalue weighted by Gasteiger charge is -2.32. The molecule has 2 fully saturated rings. The second kappa shape index (κ2) is 8.18. The first-order chi connectivity index (χ1) is 12.5. The fraction of sp³-hybridized carbons (Fsp3) is 0.611. The highest BCUT2D eigenvalue weighted by Gasteiger charge is 2.46. The Bertz CT molecular complexity index is 689. The summed E-state index contributed by atoms with van der Waals surface area (Å²) >= 11 is 1.22. The number of carbonyl (C=O) groups excluding carboxylic acids is 3. The van der Waals surface area contributed by atoms with Crippen molar-refractivity contribution in [3.63, 3.8) is 0 Å². The Morgan fingerprint density at radius 2 is 2.00 bits per heavy atom. The molecule has 1 aromatic rings. The van der Waals surface area contributed by atoms with Crippen molar-refractivity contribution in [2.24, 2.45) is 5.92 Å². The standard InChI is InChI=1S/C18H24N2O5S/c1-24-17(22)14-9-11-5-3-4-6-13(11)20(14)10-15(21)19-12-7-8-26-16(12)18(23)25-2/h7-8,11,13-14H,3-6,9-10H2,1-2H3,(H,19,21)/t11-,13-,14+/m1/s1. The van der Waals surface area contributed by atoms with Crippen LogP contribution >= 0.6 is 11.3 Å². The molecule has 1 aromatic heterocycles. The van der Waals surface area contributed by atoms with E-state index in [-0.39, 0.29) is 30.5 Å². The van der Waals surface area contributed by atoms with Gasteiger partial charge in [-0.2, -0.15) is 0 Å². The number of likely N-dealkylation sites (tertiary alicyclic amines) is 1. The van der Waals surface area contributed by atoms with Crippen LogP contribution in [0.3, 0.4) is 0 Å². The Morgan fingerprint density at radius 1 is 1.23 bits per heavy atom. The number of hydrogen-bond donors (Lipinski definition) is 1. The first kappa shape index (κ1) is 18.8. The number of methoxy groups -OCH3 is 2. The molecule has 1 aliphatic carbocycles. The fourth-order valence-electron chi connectivity index (χ4n) is 4.16. The Balaban J connectivity index is 1.71. The molecule has 3 rings (SSSR count). The molecule has 1 saturated heterocycles. The Hall–Kier alpha value is -1.93. The van der Waals surface area contributed by atoms with Crippen molar-refractivity contribution in [2.75, 3.05) is 26.1 Å². The normalized spacial score (nSPS) is 25.4. The van der Waals surface area contributed by atoms with E-state index in [1.165, 1.54) is 32.0 Å². The molecule has 26 heavy (non-hydrogen) atoms. The summed E-state index contributed by atoms with van der Waals surface area (Å²) in [7, 11) is 2.69. The van der Waals surface area contributed by atoms with Gasteiger partial charge in [-0.15, -0.1) is 11.3 Å². The van der Waals surface area contributed by atoms with Gasteiger partial charge in [0.25, 0.3) is 0 Å². The average molecular weight is 380 g/mol. The molecule has 2 heterocycles. The molecular weight excluding hydrogens is 356 g/mol. The van der Waals surface area contributed by atoms with E-state index in [0.717, 1.165) is 25.7 Å². The van der Waals surface area contributed by atoms with Crippen LogP contribution in [-0.4, -0.2) is 55.6 Å². The topological polar surface area (TPSA) is 84.9 Å². The van der Waals surface area contributed by atoms with Crippen molar-refractivity contribution in [3.8, 4) is 0 Å². The number of nitrogens with one attached hydrogen (secondary N) is 1. The van der Waals surface area contributed by atoms with Crippen LogP contribution in [0.2, 0.25) is 0 Å². The fourth-order valence-corrected chi connectivity index (χ4v) is 4.93. The molecule has 0 spiro atoms. The molecule has 1 amide bonds. The van der Waals surface area contributed by atoms with Gasteiger partial charge in [-0.3, -0.25) is 14.5 Å². The van der Waals surface area contributed by atoms with E-state index >= 15 is 0 Å². The number of esters is 2. The molecule has 1 N–H and O–H groups in total. The van der Waals surface area contributed by atoms with Crippen LogP contribution in [0.25, 0.3) is 0 Å². The van der Waals surface area contributed by atoms with Crippen molar-refractivity contribution in [1.29, 1.82) is 0 Å². The molecule has 1 aliphatic heterocycles. The van der Waals surface area contributed by atoms with E-state index in [1.54, 1.807) is 11.4 Å². The van der Waals surface area contributed by atoms with E-state index in [0.29, 0.717) is 16.5 Å². The van der Waals surface area contributed by atoms with Crippen LogP contribution in [0.15, 0.2) is 11.4 Å². The number of thiophene rings is 1. The minimum Gasteiger partial charge on any atom is -0.468 e. The molecule has 8 heteroatoms.